The molecule has 4 nitrogen and oxygen atoms in total. The van der Waals surface area contributed by atoms with Crippen molar-refractivity contribution in [2.75, 3.05) is 19.7 Å². The minimum Gasteiger partial charge on any atom is -0.456 e. The molecule has 0 N–H and O–H groups in total. The predicted molar refractivity (Wildman–Crippen MR) is 85.8 cm³/mol. The zero-order valence-corrected chi connectivity index (χ0v) is 13.5. The van der Waals surface area contributed by atoms with Crippen molar-refractivity contribution in [1.82, 2.24) is 4.90 Å². The average molecular weight is 324 g/mol. The van der Waals surface area contributed by atoms with Gasteiger partial charge in [0.2, 0.25) is 0 Å². The molecule has 1 aliphatic heterocycles. The van der Waals surface area contributed by atoms with Gasteiger partial charge in [-0.25, -0.2) is 0 Å². The van der Waals surface area contributed by atoms with E-state index in [1.54, 1.807) is 17.0 Å². The van der Waals surface area contributed by atoms with E-state index < -0.39 is 0 Å². The van der Waals surface area contributed by atoms with Crippen molar-refractivity contribution in [3.63, 3.8) is 0 Å². The van der Waals surface area contributed by atoms with Crippen LogP contribution in [0.1, 0.15) is 37.7 Å². The number of nitrogens with zero attached hydrogens (tertiary/aromatic N) is 1. The van der Waals surface area contributed by atoms with Gasteiger partial charge in [0.25, 0.3) is 5.91 Å². The molecule has 1 aromatic rings. The second kappa shape index (κ2) is 8.79. The SMILES string of the molecule is O=C(CCc1ccc(Cl)cc1)OCC(=O)N1CCCCCC1. The summed E-state index contributed by atoms with van der Waals surface area (Å²) < 4.78 is 5.09. The molecule has 0 bridgehead atoms. The molecule has 0 atom stereocenters. The van der Waals surface area contributed by atoms with Crippen LogP contribution in [0.15, 0.2) is 24.3 Å². The second-order valence-electron chi connectivity index (χ2n) is 5.58. The Bertz CT molecular complexity index is 493. The van der Waals surface area contributed by atoms with E-state index in [2.05, 4.69) is 0 Å². The summed E-state index contributed by atoms with van der Waals surface area (Å²) in [4.78, 5) is 25.5. The minimum absolute atomic E-state index is 0.0817. The fraction of sp³-hybridized carbons (Fsp3) is 0.529. The maximum Gasteiger partial charge on any atom is 0.306 e. The fourth-order valence-corrected chi connectivity index (χ4v) is 2.65. The summed E-state index contributed by atoms with van der Waals surface area (Å²) >= 11 is 5.81. The highest BCUT2D eigenvalue weighted by Gasteiger charge is 2.17. The standard InChI is InChI=1S/C17H22ClNO3/c18-15-8-5-14(6-9-15)7-10-17(21)22-13-16(20)19-11-3-1-2-4-12-19/h5-6,8-9H,1-4,7,10-13H2. The van der Waals surface area contributed by atoms with E-state index >= 15 is 0 Å². The van der Waals surface area contributed by atoms with Crippen LogP contribution in [0, 0.1) is 0 Å². The molecule has 120 valence electrons. The molecule has 1 saturated heterocycles. The van der Waals surface area contributed by atoms with Crippen molar-refractivity contribution in [3.05, 3.63) is 34.9 Å². The lowest BCUT2D eigenvalue weighted by molar-refractivity contribution is -0.152. The first-order valence-electron chi connectivity index (χ1n) is 7.83. The van der Waals surface area contributed by atoms with Crippen molar-refractivity contribution in [2.24, 2.45) is 0 Å². The molecule has 1 heterocycles. The van der Waals surface area contributed by atoms with Gasteiger partial charge in [0, 0.05) is 24.5 Å². The van der Waals surface area contributed by atoms with E-state index in [0.29, 0.717) is 11.4 Å². The fourth-order valence-electron chi connectivity index (χ4n) is 2.52. The molecule has 1 aromatic carbocycles. The van der Waals surface area contributed by atoms with Gasteiger partial charge in [-0.2, -0.15) is 0 Å². The van der Waals surface area contributed by atoms with Gasteiger partial charge in [-0.3, -0.25) is 9.59 Å². The Hall–Kier alpha value is -1.55. The first-order chi connectivity index (χ1) is 10.6. The molecule has 0 aromatic heterocycles. The topological polar surface area (TPSA) is 46.6 Å². The van der Waals surface area contributed by atoms with Crippen molar-refractivity contribution in [2.45, 2.75) is 38.5 Å². The molecule has 0 saturated carbocycles. The number of ether oxygens (including phenoxy) is 1. The third kappa shape index (κ3) is 5.68. The van der Waals surface area contributed by atoms with E-state index in [-0.39, 0.29) is 24.9 Å². The second-order valence-corrected chi connectivity index (χ2v) is 6.02. The van der Waals surface area contributed by atoms with Gasteiger partial charge in [0.05, 0.1) is 0 Å². The normalized spacial score (nSPS) is 15.2. The van der Waals surface area contributed by atoms with Crippen LogP contribution >= 0.6 is 11.6 Å². The lowest BCUT2D eigenvalue weighted by Gasteiger charge is -2.19. The van der Waals surface area contributed by atoms with Crippen LogP contribution in [-0.2, 0) is 20.7 Å². The monoisotopic (exact) mass is 323 g/mol. The quantitative estimate of drug-likeness (QED) is 0.782. The zero-order chi connectivity index (χ0) is 15.8. The number of halogens is 1. The highest BCUT2D eigenvalue weighted by molar-refractivity contribution is 6.30. The Balaban J connectivity index is 1.68. The summed E-state index contributed by atoms with van der Waals surface area (Å²) in [6.45, 7) is 1.42. The molecular weight excluding hydrogens is 302 g/mol. The van der Waals surface area contributed by atoms with Crippen LogP contribution in [0.5, 0.6) is 0 Å². The Morgan fingerprint density at radius 3 is 2.32 bits per heavy atom. The maximum atomic E-state index is 12.0. The molecule has 1 aliphatic rings. The van der Waals surface area contributed by atoms with Crippen molar-refractivity contribution in [1.29, 1.82) is 0 Å². The van der Waals surface area contributed by atoms with Crippen LogP contribution in [-0.4, -0.2) is 36.5 Å². The number of hydrogen-bond acceptors (Lipinski definition) is 3. The Labute approximate surface area is 136 Å². The van der Waals surface area contributed by atoms with E-state index in [4.69, 9.17) is 16.3 Å². The van der Waals surface area contributed by atoms with Gasteiger partial charge in [0.15, 0.2) is 6.61 Å². The van der Waals surface area contributed by atoms with E-state index in [1.165, 1.54) is 12.8 Å². The Morgan fingerprint density at radius 1 is 1.05 bits per heavy atom. The van der Waals surface area contributed by atoms with Gasteiger partial charge >= 0.3 is 5.97 Å². The maximum absolute atomic E-state index is 12.0. The number of aryl methyl sites for hydroxylation is 1. The Kier molecular flexibility index (Phi) is 6.72. The van der Waals surface area contributed by atoms with Gasteiger partial charge in [-0.1, -0.05) is 36.6 Å². The summed E-state index contributed by atoms with van der Waals surface area (Å²) in [5, 5.41) is 0.675. The third-order valence-electron chi connectivity index (χ3n) is 3.85. The first-order valence-corrected chi connectivity index (χ1v) is 8.21. The number of carbonyl (C=O) groups is 2. The lowest BCUT2D eigenvalue weighted by atomic mass is 10.1. The molecule has 0 radical (unpaired) electrons. The summed E-state index contributed by atoms with van der Waals surface area (Å²) in [5.74, 6) is -0.417. The summed E-state index contributed by atoms with van der Waals surface area (Å²) in [6.07, 6.45) is 5.28. The minimum atomic E-state index is -0.335. The number of carbonyl (C=O) groups excluding carboxylic acids is 2. The number of likely N-dealkylation sites (tertiary alicyclic amines) is 1. The first kappa shape index (κ1) is 16.8. The van der Waals surface area contributed by atoms with E-state index in [0.717, 1.165) is 31.5 Å². The number of hydrogen-bond donors (Lipinski definition) is 0. The molecule has 0 spiro atoms. The summed E-state index contributed by atoms with van der Waals surface area (Å²) in [7, 11) is 0. The molecule has 22 heavy (non-hydrogen) atoms. The zero-order valence-electron chi connectivity index (χ0n) is 12.7. The lowest BCUT2D eigenvalue weighted by Crippen LogP contribution is -2.35. The molecule has 5 heteroatoms. The molecule has 0 aliphatic carbocycles. The summed E-state index contributed by atoms with van der Waals surface area (Å²) in [6, 6.07) is 7.37. The largest absolute Gasteiger partial charge is 0.456 e. The average Bonchev–Trinajstić information content (AvgIpc) is 2.81. The van der Waals surface area contributed by atoms with Crippen molar-refractivity contribution in [3.8, 4) is 0 Å². The van der Waals surface area contributed by atoms with Crippen LogP contribution in [0.2, 0.25) is 5.02 Å². The number of benzene rings is 1. The van der Waals surface area contributed by atoms with Crippen molar-refractivity contribution >= 4 is 23.5 Å². The van der Waals surface area contributed by atoms with Gasteiger partial charge in [-0.15, -0.1) is 0 Å². The van der Waals surface area contributed by atoms with Gasteiger partial charge in [-0.05, 0) is 37.0 Å². The predicted octanol–water partition coefficient (Wildman–Crippen LogP) is 3.22. The molecule has 0 unspecified atom stereocenters. The molecular formula is C17H22ClNO3. The van der Waals surface area contributed by atoms with Gasteiger partial charge in [0.1, 0.15) is 0 Å². The van der Waals surface area contributed by atoms with Crippen LogP contribution in [0.25, 0.3) is 0 Å². The number of amides is 1. The molecule has 2 rings (SSSR count). The Morgan fingerprint density at radius 2 is 1.68 bits per heavy atom. The molecule has 1 fully saturated rings. The highest BCUT2D eigenvalue weighted by Crippen LogP contribution is 2.12. The molecule has 1 amide bonds. The van der Waals surface area contributed by atoms with Crippen molar-refractivity contribution < 1.29 is 14.3 Å². The van der Waals surface area contributed by atoms with Crippen LogP contribution in [0.3, 0.4) is 0 Å². The smallest absolute Gasteiger partial charge is 0.306 e. The van der Waals surface area contributed by atoms with Gasteiger partial charge < -0.3 is 9.64 Å². The number of rotatable bonds is 5. The number of esters is 1. The highest BCUT2D eigenvalue weighted by atomic mass is 35.5. The third-order valence-corrected chi connectivity index (χ3v) is 4.10. The van der Waals surface area contributed by atoms with E-state index in [9.17, 15) is 9.59 Å². The van der Waals surface area contributed by atoms with Crippen LogP contribution < -0.4 is 0 Å². The van der Waals surface area contributed by atoms with E-state index in [1.807, 2.05) is 12.1 Å². The van der Waals surface area contributed by atoms with Crippen LogP contribution in [0.4, 0.5) is 0 Å². The summed E-state index contributed by atoms with van der Waals surface area (Å²) in [5.41, 5.74) is 1.03.